The van der Waals surface area contributed by atoms with E-state index >= 15 is 0 Å². The molecule has 0 amide bonds. The quantitative estimate of drug-likeness (QED) is 0.409. The number of hydrogen-bond donors (Lipinski definition) is 0. The smallest absolute Gasteiger partial charge is 0.0524 e. The van der Waals surface area contributed by atoms with Crippen molar-refractivity contribution in [1.82, 2.24) is 0 Å². The second-order valence-electron chi connectivity index (χ2n) is 3.70. The molecule has 0 aromatic rings. The lowest BCUT2D eigenvalue weighted by atomic mass is 9.99. The predicted octanol–water partition coefficient (Wildman–Crippen LogP) is 3.26. The van der Waals surface area contributed by atoms with Gasteiger partial charge < -0.3 is 4.74 Å². The Bertz CT molecular complexity index is 91.6. The van der Waals surface area contributed by atoms with E-state index in [9.17, 15) is 0 Å². The summed E-state index contributed by atoms with van der Waals surface area (Å²) in [7, 11) is 0. The number of unbranched alkanes of at least 4 members (excludes halogenated alkanes) is 1. The Morgan fingerprint density at radius 3 is 2.45 bits per heavy atom. The van der Waals surface area contributed by atoms with E-state index in [-0.39, 0.29) is 0 Å². The van der Waals surface area contributed by atoms with E-state index in [0.717, 1.165) is 17.6 Å². The Hall–Kier alpha value is 0.690. The van der Waals surface area contributed by atoms with Crippen LogP contribution in [0.1, 0.15) is 33.6 Å². The topological polar surface area (TPSA) is 9.23 Å². The monoisotopic (exact) mass is 270 g/mol. The molecule has 0 bridgehead atoms. The number of ether oxygens (including phenoxy) is 1. The molecule has 68 valence electrons. The van der Waals surface area contributed by atoms with Crippen LogP contribution in [-0.4, -0.2) is 17.6 Å². The third kappa shape index (κ3) is 7.06. The molecule has 2 heteroatoms. The zero-order valence-electron chi connectivity index (χ0n) is 7.82. The van der Waals surface area contributed by atoms with Crippen molar-refractivity contribution in [2.24, 2.45) is 5.41 Å². The lowest BCUT2D eigenvalue weighted by Gasteiger charge is -2.21. The highest BCUT2D eigenvalue weighted by Gasteiger charge is 2.15. The van der Waals surface area contributed by atoms with Gasteiger partial charge in [-0.2, -0.15) is 0 Å². The molecule has 0 unspecified atom stereocenters. The maximum absolute atomic E-state index is 5.52. The zero-order chi connectivity index (χ0) is 8.74. The van der Waals surface area contributed by atoms with Crippen LogP contribution in [0, 0.1) is 5.41 Å². The fourth-order valence-electron chi connectivity index (χ4n) is 0.633. The summed E-state index contributed by atoms with van der Waals surface area (Å²) in [5.41, 5.74) is 0.355. The molecule has 0 aliphatic carbocycles. The van der Waals surface area contributed by atoms with Crippen LogP contribution in [0.2, 0.25) is 0 Å². The van der Waals surface area contributed by atoms with Crippen molar-refractivity contribution in [2.75, 3.05) is 17.6 Å². The summed E-state index contributed by atoms with van der Waals surface area (Å²) in [6.45, 7) is 8.50. The zero-order valence-corrected chi connectivity index (χ0v) is 9.98. The largest absolute Gasteiger partial charge is 0.381 e. The molecule has 11 heavy (non-hydrogen) atoms. The summed E-state index contributed by atoms with van der Waals surface area (Å²) < 4.78 is 6.69. The van der Waals surface area contributed by atoms with Crippen LogP contribution in [0.3, 0.4) is 0 Å². The molecule has 0 aliphatic heterocycles. The lowest BCUT2D eigenvalue weighted by Crippen LogP contribution is -2.21. The van der Waals surface area contributed by atoms with Crippen LogP contribution in [-0.2, 0) is 4.74 Å². The normalized spacial score (nSPS) is 12.0. The SMILES string of the molecule is CCCCOCC(C)(C)CI. The van der Waals surface area contributed by atoms with E-state index < -0.39 is 0 Å². The summed E-state index contributed by atoms with van der Waals surface area (Å²) in [6, 6.07) is 0. The number of halogens is 1. The average Bonchev–Trinajstić information content (AvgIpc) is 1.99. The van der Waals surface area contributed by atoms with E-state index in [1.165, 1.54) is 12.8 Å². The van der Waals surface area contributed by atoms with Crippen LogP contribution < -0.4 is 0 Å². The first-order valence-corrected chi connectivity index (χ1v) is 5.78. The van der Waals surface area contributed by atoms with Gasteiger partial charge in [-0.3, -0.25) is 0 Å². The summed E-state index contributed by atoms with van der Waals surface area (Å²) in [5, 5.41) is 0. The third-order valence-electron chi connectivity index (χ3n) is 1.50. The third-order valence-corrected chi connectivity index (χ3v) is 3.56. The molecule has 0 fully saturated rings. The van der Waals surface area contributed by atoms with Crippen molar-refractivity contribution in [2.45, 2.75) is 33.6 Å². The molecule has 0 rings (SSSR count). The van der Waals surface area contributed by atoms with Gasteiger partial charge in [-0.25, -0.2) is 0 Å². The van der Waals surface area contributed by atoms with Crippen LogP contribution in [0.5, 0.6) is 0 Å². The molecule has 0 heterocycles. The van der Waals surface area contributed by atoms with Gasteiger partial charge in [-0.1, -0.05) is 49.8 Å². The molecule has 0 radical (unpaired) electrons. The molecule has 0 spiro atoms. The first-order chi connectivity index (χ1) is 5.12. The minimum atomic E-state index is 0.355. The Morgan fingerprint density at radius 1 is 1.36 bits per heavy atom. The maximum Gasteiger partial charge on any atom is 0.0524 e. The molecule has 0 N–H and O–H groups in total. The van der Waals surface area contributed by atoms with Crippen LogP contribution in [0.15, 0.2) is 0 Å². The Balaban J connectivity index is 3.23. The van der Waals surface area contributed by atoms with Crippen LogP contribution >= 0.6 is 22.6 Å². The van der Waals surface area contributed by atoms with E-state index in [1.54, 1.807) is 0 Å². The fourth-order valence-corrected chi connectivity index (χ4v) is 0.854. The fraction of sp³-hybridized carbons (Fsp3) is 1.00. The van der Waals surface area contributed by atoms with Gasteiger partial charge in [0.05, 0.1) is 6.61 Å². The van der Waals surface area contributed by atoms with E-state index in [1.807, 2.05) is 0 Å². The highest BCUT2D eigenvalue weighted by atomic mass is 127. The van der Waals surface area contributed by atoms with Gasteiger partial charge in [0.25, 0.3) is 0 Å². The lowest BCUT2D eigenvalue weighted by molar-refractivity contribution is 0.0728. The second-order valence-corrected chi connectivity index (χ2v) is 4.47. The van der Waals surface area contributed by atoms with Crippen molar-refractivity contribution in [1.29, 1.82) is 0 Å². The van der Waals surface area contributed by atoms with E-state index in [0.29, 0.717) is 5.41 Å². The summed E-state index contributed by atoms with van der Waals surface area (Å²) in [5.74, 6) is 0. The molecule has 0 saturated heterocycles. The van der Waals surface area contributed by atoms with Crippen molar-refractivity contribution in [3.63, 3.8) is 0 Å². The summed E-state index contributed by atoms with van der Waals surface area (Å²) >= 11 is 2.41. The van der Waals surface area contributed by atoms with Crippen LogP contribution in [0.4, 0.5) is 0 Å². The van der Waals surface area contributed by atoms with Gasteiger partial charge in [0.15, 0.2) is 0 Å². The Kier molecular flexibility index (Phi) is 6.62. The Morgan fingerprint density at radius 2 is 2.00 bits per heavy atom. The molecule has 0 atom stereocenters. The minimum absolute atomic E-state index is 0.355. The van der Waals surface area contributed by atoms with Gasteiger partial charge >= 0.3 is 0 Å². The maximum atomic E-state index is 5.52. The molecular weight excluding hydrogens is 251 g/mol. The number of rotatable bonds is 6. The van der Waals surface area contributed by atoms with Gasteiger partial charge in [-0.05, 0) is 11.8 Å². The molecule has 0 aromatic heterocycles. The molecular formula is C9H19IO. The predicted molar refractivity (Wildman–Crippen MR) is 58.4 cm³/mol. The first-order valence-electron chi connectivity index (χ1n) is 4.26. The summed E-state index contributed by atoms with van der Waals surface area (Å²) in [4.78, 5) is 0. The van der Waals surface area contributed by atoms with E-state index in [2.05, 4.69) is 43.4 Å². The van der Waals surface area contributed by atoms with E-state index in [4.69, 9.17) is 4.74 Å². The minimum Gasteiger partial charge on any atom is -0.381 e. The summed E-state index contributed by atoms with van der Waals surface area (Å²) in [6.07, 6.45) is 2.42. The Labute approximate surface area is 84.0 Å². The molecule has 0 aromatic carbocycles. The first kappa shape index (κ1) is 11.7. The van der Waals surface area contributed by atoms with Gasteiger partial charge in [0.1, 0.15) is 0 Å². The highest BCUT2D eigenvalue weighted by molar-refractivity contribution is 14.1. The molecule has 0 saturated carbocycles. The molecule has 0 aliphatic rings. The van der Waals surface area contributed by atoms with Gasteiger partial charge in [-0.15, -0.1) is 0 Å². The second kappa shape index (κ2) is 6.23. The van der Waals surface area contributed by atoms with Crippen molar-refractivity contribution in [3.8, 4) is 0 Å². The number of hydrogen-bond acceptors (Lipinski definition) is 1. The highest BCUT2D eigenvalue weighted by Crippen LogP contribution is 2.18. The average molecular weight is 270 g/mol. The number of alkyl halides is 1. The molecule has 1 nitrogen and oxygen atoms in total. The standard InChI is InChI=1S/C9H19IO/c1-4-5-6-11-8-9(2,3)7-10/h4-8H2,1-3H3. The van der Waals surface area contributed by atoms with Crippen molar-refractivity contribution < 1.29 is 4.74 Å². The van der Waals surface area contributed by atoms with Gasteiger partial charge in [0, 0.05) is 11.0 Å². The van der Waals surface area contributed by atoms with Crippen molar-refractivity contribution >= 4 is 22.6 Å². The van der Waals surface area contributed by atoms with Crippen molar-refractivity contribution in [3.05, 3.63) is 0 Å². The van der Waals surface area contributed by atoms with Crippen LogP contribution in [0.25, 0.3) is 0 Å². The van der Waals surface area contributed by atoms with Gasteiger partial charge in [0.2, 0.25) is 0 Å².